The molecule has 1 N–H and O–H groups in total. The topological polar surface area (TPSA) is 100 Å². The maximum absolute atomic E-state index is 12.5. The van der Waals surface area contributed by atoms with Crippen LogP contribution in [0.4, 0.5) is 5.69 Å². The van der Waals surface area contributed by atoms with Crippen LogP contribution in [-0.4, -0.2) is 31.7 Å². The summed E-state index contributed by atoms with van der Waals surface area (Å²) >= 11 is 5.90. The van der Waals surface area contributed by atoms with E-state index in [1.165, 1.54) is 30.3 Å². The van der Waals surface area contributed by atoms with Gasteiger partial charge in [-0.25, -0.2) is 4.79 Å². The number of nitrogens with one attached hydrogen (secondary N) is 1. The van der Waals surface area contributed by atoms with E-state index in [9.17, 15) is 14.4 Å². The van der Waals surface area contributed by atoms with Gasteiger partial charge in [-0.3, -0.25) is 23.3 Å². The van der Waals surface area contributed by atoms with Crippen molar-refractivity contribution in [1.82, 2.24) is 18.7 Å². The summed E-state index contributed by atoms with van der Waals surface area (Å²) in [4.78, 5) is 41.1. The van der Waals surface area contributed by atoms with Crippen LogP contribution in [0.1, 0.15) is 0 Å². The molecule has 2 heterocycles. The van der Waals surface area contributed by atoms with Crippen molar-refractivity contribution < 1.29 is 9.53 Å². The molecule has 0 aliphatic heterocycles. The molecule has 26 heavy (non-hydrogen) atoms. The molecule has 0 bridgehead atoms. The van der Waals surface area contributed by atoms with Crippen molar-refractivity contribution in [3.8, 4) is 6.01 Å². The molecule has 136 valence electrons. The molecule has 0 unspecified atom stereocenters. The molecule has 0 atom stereocenters. The van der Waals surface area contributed by atoms with Crippen molar-refractivity contribution in [2.75, 3.05) is 12.4 Å². The molecule has 0 aliphatic rings. The Kier molecular flexibility index (Phi) is 4.56. The second kappa shape index (κ2) is 6.68. The lowest BCUT2D eigenvalue weighted by molar-refractivity contribution is -0.116. The number of methoxy groups -OCH3 is 1. The van der Waals surface area contributed by atoms with E-state index in [0.717, 1.165) is 4.57 Å². The van der Waals surface area contributed by atoms with E-state index in [-0.39, 0.29) is 23.7 Å². The average Bonchev–Trinajstić information content (AvgIpc) is 2.96. The van der Waals surface area contributed by atoms with Crippen LogP contribution in [0.3, 0.4) is 0 Å². The van der Waals surface area contributed by atoms with Gasteiger partial charge in [0.05, 0.1) is 7.11 Å². The molecule has 10 heteroatoms. The molecule has 2 aromatic heterocycles. The zero-order chi connectivity index (χ0) is 19.0. The van der Waals surface area contributed by atoms with Crippen LogP contribution < -0.4 is 21.3 Å². The number of benzene rings is 1. The van der Waals surface area contributed by atoms with Gasteiger partial charge in [0, 0.05) is 24.8 Å². The highest BCUT2D eigenvalue weighted by Gasteiger charge is 2.21. The lowest BCUT2D eigenvalue weighted by Gasteiger charge is -2.09. The van der Waals surface area contributed by atoms with E-state index in [0.29, 0.717) is 10.7 Å². The highest BCUT2D eigenvalue weighted by molar-refractivity contribution is 6.30. The minimum absolute atomic E-state index is 0.0551. The zero-order valence-electron chi connectivity index (χ0n) is 14.3. The van der Waals surface area contributed by atoms with Gasteiger partial charge >= 0.3 is 5.69 Å². The number of carbonyl (C=O) groups is 1. The second-order valence-electron chi connectivity index (χ2n) is 5.62. The smallest absolute Gasteiger partial charge is 0.332 e. The summed E-state index contributed by atoms with van der Waals surface area (Å²) in [6.07, 6.45) is 0. The zero-order valence-corrected chi connectivity index (χ0v) is 15.1. The molecule has 1 amide bonds. The Morgan fingerprint density at radius 1 is 1.27 bits per heavy atom. The van der Waals surface area contributed by atoms with Gasteiger partial charge in [0.15, 0.2) is 11.2 Å². The Labute approximate surface area is 152 Å². The number of anilines is 1. The monoisotopic (exact) mass is 377 g/mol. The summed E-state index contributed by atoms with van der Waals surface area (Å²) < 4.78 is 8.69. The number of aromatic nitrogens is 4. The molecule has 0 saturated heterocycles. The number of imidazole rings is 1. The van der Waals surface area contributed by atoms with E-state index < -0.39 is 17.2 Å². The molecule has 1 aromatic carbocycles. The van der Waals surface area contributed by atoms with E-state index in [1.54, 1.807) is 24.3 Å². The number of nitrogens with zero attached hydrogens (tertiary/aromatic N) is 4. The fourth-order valence-electron chi connectivity index (χ4n) is 2.64. The molecule has 0 radical (unpaired) electrons. The minimum atomic E-state index is -0.561. The number of hydrogen-bond acceptors (Lipinski definition) is 5. The molecular formula is C16H16ClN5O4. The minimum Gasteiger partial charge on any atom is -0.468 e. The Balaban J connectivity index is 2.05. The third-order valence-corrected chi connectivity index (χ3v) is 4.14. The van der Waals surface area contributed by atoms with Gasteiger partial charge < -0.3 is 10.1 Å². The Bertz CT molecular complexity index is 1130. The van der Waals surface area contributed by atoms with E-state index in [1.807, 2.05) is 0 Å². The number of aryl methyl sites for hydroxylation is 1. The van der Waals surface area contributed by atoms with Gasteiger partial charge in [-0.05, 0) is 18.2 Å². The van der Waals surface area contributed by atoms with Gasteiger partial charge in [-0.1, -0.05) is 17.7 Å². The lowest BCUT2D eigenvalue weighted by atomic mass is 10.3. The predicted octanol–water partition coefficient (Wildman–Crippen LogP) is 0.734. The number of carbonyl (C=O) groups excluding carboxylic acids is 1. The molecular weight excluding hydrogens is 362 g/mol. The van der Waals surface area contributed by atoms with Crippen LogP contribution in [-0.2, 0) is 25.4 Å². The molecule has 0 saturated carbocycles. The number of ether oxygens (including phenoxy) is 1. The highest BCUT2D eigenvalue weighted by Crippen LogP contribution is 2.18. The molecule has 0 fully saturated rings. The summed E-state index contributed by atoms with van der Waals surface area (Å²) in [5.74, 6) is -0.402. The fourth-order valence-corrected chi connectivity index (χ4v) is 2.83. The first-order chi connectivity index (χ1) is 12.3. The summed E-state index contributed by atoms with van der Waals surface area (Å²) in [5.41, 5.74) is -0.308. The second-order valence-corrected chi connectivity index (χ2v) is 6.06. The quantitative estimate of drug-likeness (QED) is 0.722. The molecule has 3 rings (SSSR count). The van der Waals surface area contributed by atoms with Crippen LogP contribution in [0.25, 0.3) is 11.2 Å². The van der Waals surface area contributed by atoms with Gasteiger partial charge in [0.2, 0.25) is 5.91 Å². The number of halogens is 1. The van der Waals surface area contributed by atoms with Crippen LogP contribution in [0.15, 0.2) is 33.9 Å². The number of hydrogen-bond donors (Lipinski definition) is 1. The lowest BCUT2D eigenvalue weighted by Crippen LogP contribution is -2.37. The SMILES string of the molecule is COc1nc2c(c(=O)n(C)c(=O)n2C)n1CC(=O)Nc1cccc(Cl)c1. The van der Waals surface area contributed by atoms with Gasteiger partial charge in [-0.2, -0.15) is 4.98 Å². The maximum atomic E-state index is 12.5. The standard InChI is InChI=1S/C16H16ClN5O4/c1-20-13-12(14(24)21(2)16(20)25)22(15(19-13)26-3)8-11(23)18-10-6-4-5-9(17)7-10/h4-7H,8H2,1-3H3,(H,18,23). The molecule has 0 aliphatic carbocycles. The third-order valence-electron chi connectivity index (χ3n) is 3.91. The van der Waals surface area contributed by atoms with Crippen molar-refractivity contribution in [2.24, 2.45) is 14.1 Å². The van der Waals surface area contributed by atoms with Gasteiger partial charge in [0.25, 0.3) is 11.6 Å². The Morgan fingerprint density at radius 2 is 2.00 bits per heavy atom. The Morgan fingerprint density at radius 3 is 2.65 bits per heavy atom. The maximum Gasteiger partial charge on any atom is 0.332 e. The molecule has 9 nitrogen and oxygen atoms in total. The normalized spacial score (nSPS) is 10.9. The summed E-state index contributed by atoms with van der Waals surface area (Å²) in [6.45, 7) is -0.223. The van der Waals surface area contributed by atoms with Crippen LogP contribution >= 0.6 is 11.6 Å². The van der Waals surface area contributed by atoms with Gasteiger partial charge in [0.1, 0.15) is 6.54 Å². The largest absolute Gasteiger partial charge is 0.468 e. The van der Waals surface area contributed by atoms with Crippen LogP contribution in [0.5, 0.6) is 6.01 Å². The number of amides is 1. The summed E-state index contributed by atoms with van der Waals surface area (Å²) in [5, 5.41) is 3.18. The third kappa shape index (κ3) is 2.97. The first kappa shape index (κ1) is 17.7. The van der Waals surface area contributed by atoms with Crippen molar-refractivity contribution >= 4 is 34.4 Å². The van der Waals surface area contributed by atoms with Crippen molar-refractivity contribution in [2.45, 2.75) is 6.54 Å². The number of fused-ring (bicyclic) bond motifs is 1. The number of rotatable bonds is 4. The predicted molar refractivity (Wildman–Crippen MR) is 96.8 cm³/mol. The summed E-state index contributed by atoms with van der Waals surface area (Å²) in [7, 11) is 4.22. The van der Waals surface area contributed by atoms with Crippen LogP contribution in [0, 0.1) is 0 Å². The molecule has 0 spiro atoms. The average molecular weight is 378 g/mol. The van der Waals surface area contributed by atoms with Crippen LogP contribution in [0.2, 0.25) is 5.02 Å². The van der Waals surface area contributed by atoms with Crippen molar-refractivity contribution in [1.29, 1.82) is 0 Å². The molecule has 3 aromatic rings. The Hall–Kier alpha value is -3.07. The van der Waals surface area contributed by atoms with Crippen molar-refractivity contribution in [3.05, 3.63) is 50.1 Å². The highest BCUT2D eigenvalue weighted by atomic mass is 35.5. The van der Waals surface area contributed by atoms with Gasteiger partial charge in [-0.15, -0.1) is 0 Å². The van der Waals surface area contributed by atoms with E-state index in [4.69, 9.17) is 16.3 Å². The fraction of sp³-hybridized carbons (Fsp3) is 0.250. The summed E-state index contributed by atoms with van der Waals surface area (Å²) in [6, 6.07) is 6.74. The first-order valence-electron chi connectivity index (χ1n) is 7.59. The first-order valence-corrected chi connectivity index (χ1v) is 7.97. The van der Waals surface area contributed by atoms with E-state index in [2.05, 4.69) is 10.3 Å². The van der Waals surface area contributed by atoms with Crippen molar-refractivity contribution in [3.63, 3.8) is 0 Å². The van der Waals surface area contributed by atoms with E-state index >= 15 is 0 Å².